The van der Waals surface area contributed by atoms with Gasteiger partial charge in [0, 0.05) is 30.2 Å². The lowest BCUT2D eigenvalue weighted by atomic mass is 9.96. The Hall–Kier alpha value is -4.31. The van der Waals surface area contributed by atoms with E-state index in [4.69, 9.17) is 24.7 Å². The number of carbonyl (C=O) groups excluding carboxylic acids is 2. The van der Waals surface area contributed by atoms with E-state index in [-0.39, 0.29) is 24.1 Å². The molecule has 0 aromatic heterocycles. The van der Waals surface area contributed by atoms with Crippen molar-refractivity contribution in [2.24, 2.45) is 5.73 Å². The number of rotatable bonds is 16. The molecule has 0 saturated heterocycles. The fourth-order valence-electron chi connectivity index (χ4n) is 5.31. The molecule has 248 valence electrons. The molecule has 0 aliphatic carbocycles. The Morgan fingerprint density at radius 3 is 2.48 bits per heavy atom. The van der Waals surface area contributed by atoms with Crippen LogP contribution in [0, 0.1) is 5.82 Å². The minimum Gasteiger partial charge on any atom is -0.507 e. The second kappa shape index (κ2) is 16.8. The van der Waals surface area contributed by atoms with Crippen LogP contribution in [0.2, 0.25) is 0 Å². The first kappa shape index (κ1) is 34.6. The maximum Gasteiger partial charge on any atom is 0.322 e. The van der Waals surface area contributed by atoms with Crippen molar-refractivity contribution in [2.75, 3.05) is 26.4 Å². The number of nitrogens with one attached hydrogen (secondary N) is 1. The van der Waals surface area contributed by atoms with Gasteiger partial charge in [-0.3, -0.25) is 9.59 Å². The van der Waals surface area contributed by atoms with Crippen LogP contribution in [0.5, 0.6) is 23.0 Å². The van der Waals surface area contributed by atoms with Crippen molar-refractivity contribution in [2.45, 2.75) is 77.9 Å². The number of amides is 1. The topological polar surface area (TPSA) is 129 Å². The molecule has 9 nitrogen and oxygen atoms in total. The van der Waals surface area contributed by atoms with Crippen LogP contribution >= 0.6 is 0 Å². The number of halogens is 1. The van der Waals surface area contributed by atoms with Gasteiger partial charge in [-0.15, -0.1) is 0 Å². The molecule has 2 atom stereocenters. The van der Waals surface area contributed by atoms with Crippen molar-refractivity contribution in [3.05, 3.63) is 71.0 Å². The van der Waals surface area contributed by atoms with Gasteiger partial charge in [-0.25, -0.2) is 4.39 Å². The van der Waals surface area contributed by atoms with E-state index in [1.54, 1.807) is 25.1 Å². The largest absolute Gasteiger partial charge is 0.507 e. The van der Waals surface area contributed by atoms with Gasteiger partial charge in [-0.2, -0.15) is 0 Å². The minimum atomic E-state index is -0.673. The number of phenols is 1. The number of aromatic hydroxyl groups is 1. The van der Waals surface area contributed by atoms with Gasteiger partial charge in [0.2, 0.25) is 0 Å². The summed E-state index contributed by atoms with van der Waals surface area (Å²) in [7, 11) is 0. The Morgan fingerprint density at radius 1 is 1.04 bits per heavy atom. The Morgan fingerprint density at radius 2 is 1.78 bits per heavy atom. The minimum absolute atomic E-state index is 0.0722. The van der Waals surface area contributed by atoms with Gasteiger partial charge in [-0.05, 0) is 80.0 Å². The summed E-state index contributed by atoms with van der Waals surface area (Å²) in [5.74, 6) is 1.14. The highest BCUT2D eigenvalue weighted by atomic mass is 19.1. The molecule has 3 aromatic rings. The maximum atomic E-state index is 13.4. The fourth-order valence-corrected chi connectivity index (χ4v) is 5.31. The van der Waals surface area contributed by atoms with E-state index in [9.17, 15) is 19.1 Å². The number of hydrogen-bond donors (Lipinski definition) is 3. The lowest BCUT2D eigenvalue weighted by Gasteiger charge is -2.28. The van der Waals surface area contributed by atoms with E-state index >= 15 is 0 Å². The molecular formula is C36H45FN2O7. The van der Waals surface area contributed by atoms with E-state index in [0.29, 0.717) is 56.8 Å². The summed E-state index contributed by atoms with van der Waals surface area (Å²) in [6.45, 7) is 7.02. The Bertz CT molecular complexity index is 1480. The molecule has 0 saturated carbocycles. The van der Waals surface area contributed by atoms with Gasteiger partial charge in [0.05, 0.1) is 19.8 Å². The zero-order chi connectivity index (χ0) is 33.1. The molecule has 0 spiro atoms. The number of fused-ring (bicyclic) bond motifs is 1. The lowest BCUT2D eigenvalue weighted by Crippen LogP contribution is -2.41. The second-order valence-corrected chi connectivity index (χ2v) is 11.4. The normalized spacial score (nSPS) is 14.5. The number of benzene rings is 3. The average Bonchev–Trinajstić information content (AvgIpc) is 3.05. The first-order valence-electron chi connectivity index (χ1n) is 16.1. The molecule has 4 N–H and O–H groups in total. The molecule has 1 amide bonds. The van der Waals surface area contributed by atoms with Crippen LogP contribution in [0.4, 0.5) is 4.39 Å². The number of phenolic OH excluding ortho intramolecular Hbond substituents is 1. The van der Waals surface area contributed by atoms with E-state index in [1.165, 1.54) is 12.1 Å². The molecule has 0 fully saturated rings. The third-order valence-electron chi connectivity index (χ3n) is 7.78. The molecule has 1 aliphatic heterocycles. The van der Waals surface area contributed by atoms with E-state index in [2.05, 4.69) is 12.2 Å². The molecule has 10 heteroatoms. The Labute approximate surface area is 270 Å². The van der Waals surface area contributed by atoms with Gasteiger partial charge < -0.3 is 35.1 Å². The molecule has 0 radical (unpaired) electrons. The van der Waals surface area contributed by atoms with Gasteiger partial charge >= 0.3 is 5.97 Å². The molecule has 46 heavy (non-hydrogen) atoms. The van der Waals surface area contributed by atoms with Gasteiger partial charge in [0.1, 0.15) is 34.9 Å². The van der Waals surface area contributed by atoms with Crippen LogP contribution < -0.4 is 25.3 Å². The van der Waals surface area contributed by atoms with Crippen LogP contribution in [0.3, 0.4) is 0 Å². The zero-order valence-corrected chi connectivity index (χ0v) is 26.9. The molecule has 0 bridgehead atoms. The summed E-state index contributed by atoms with van der Waals surface area (Å²) in [6, 6.07) is 12.8. The fraction of sp³-hybridized carbons (Fsp3) is 0.444. The summed E-state index contributed by atoms with van der Waals surface area (Å²) in [5, 5.41) is 13.5. The van der Waals surface area contributed by atoms with Crippen molar-refractivity contribution in [1.29, 1.82) is 0 Å². The highest BCUT2D eigenvalue weighted by Crippen LogP contribution is 2.39. The molecule has 1 heterocycles. The summed E-state index contributed by atoms with van der Waals surface area (Å²) in [6.07, 6.45) is 4.10. The highest BCUT2D eigenvalue weighted by Gasteiger charge is 2.29. The van der Waals surface area contributed by atoms with Crippen LogP contribution in [0.25, 0.3) is 11.1 Å². The van der Waals surface area contributed by atoms with E-state index in [0.717, 1.165) is 53.0 Å². The van der Waals surface area contributed by atoms with Crippen molar-refractivity contribution in [3.63, 3.8) is 0 Å². The number of esters is 1. The van der Waals surface area contributed by atoms with Crippen LogP contribution in [0.15, 0.2) is 48.5 Å². The average molecular weight is 637 g/mol. The van der Waals surface area contributed by atoms with E-state index in [1.807, 2.05) is 25.1 Å². The smallest absolute Gasteiger partial charge is 0.322 e. The Balaban J connectivity index is 1.30. The Kier molecular flexibility index (Phi) is 12.7. The summed E-state index contributed by atoms with van der Waals surface area (Å²) >= 11 is 0. The quantitative estimate of drug-likeness (QED) is 0.136. The first-order chi connectivity index (χ1) is 22.2. The van der Waals surface area contributed by atoms with Crippen LogP contribution in [0.1, 0.15) is 63.1 Å². The van der Waals surface area contributed by atoms with Crippen molar-refractivity contribution in [3.8, 4) is 34.1 Å². The van der Waals surface area contributed by atoms with Crippen LogP contribution in [-0.4, -0.2) is 55.5 Å². The third-order valence-corrected chi connectivity index (χ3v) is 7.78. The van der Waals surface area contributed by atoms with Crippen molar-refractivity contribution >= 4 is 11.9 Å². The number of nitrogens with two attached hydrogens (primary N) is 1. The van der Waals surface area contributed by atoms with Crippen molar-refractivity contribution in [1.82, 2.24) is 5.32 Å². The molecular weight excluding hydrogens is 591 g/mol. The van der Waals surface area contributed by atoms with Crippen molar-refractivity contribution < 1.29 is 38.0 Å². The molecule has 2 unspecified atom stereocenters. The summed E-state index contributed by atoms with van der Waals surface area (Å²) in [5.41, 5.74) is 9.80. The molecule has 3 aromatic carbocycles. The number of carbonyl (C=O) groups is 2. The van der Waals surface area contributed by atoms with Gasteiger partial charge in [0.25, 0.3) is 5.91 Å². The number of hydrogen-bond acceptors (Lipinski definition) is 8. The zero-order valence-electron chi connectivity index (χ0n) is 26.9. The SMILES string of the molecule is CCCc1c(OCCCOc2cc(O)c(-c3ccc(F)cc3)cc2CC)ccc2c1OC(C(=O)NCCCOC(=O)C(C)N)CC2. The standard InChI is InChI=1S/C36H45FN2O7/c1-4-8-28-31(15-11-26-12-16-32(46-34(26)28)35(41)39-17-6-18-45-36(42)23(3)38)43-19-7-20-44-33-22-30(40)29(21-24(33)5-2)25-9-13-27(37)14-10-25/h9-11,13-15,21-23,32,40H,4-8,12,16-20,38H2,1-3H3,(H,39,41). The second-order valence-electron chi connectivity index (χ2n) is 11.4. The lowest BCUT2D eigenvalue weighted by molar-refractivity contribution is -0.144. The van der Waals surface area contributed by atoms with E-state index < -0.39 is 18.1 Å². The maximum absolute atomic E-state index is 13.4. The van der Waals surface area contributed by atoms with Gasteiger partial charge in [-0.1, -0.05) is 38.5 Å². The third kappa shape index (κ3) is 9.13. The molecule has 1 aliphatic rings. The first-order valence-corrected chi connectivity index (χ1v) is 16.1. The summed E-state index contributed by atoms with van der Waals surface area (Å²) < 4.78 is 36.9. The number of aryl methyl sites for hydroxylation is 2. The predicted octanol–water partition coefficient (Wildman–Crippen LogP) is 5.65. The monoisotopic (exact) mass is 636 g/mol. The van der Waals surface area contributed by atoms with Crippen LogP contribution in [-0.2, 0) is 33.6 Å². The molecule has 4 rings (SSSR count). The van der Waals surface area contributed by atoms with Gasteiger partial charge in [0.15, 0.2) is 6.10 Å². The predicted molar refractivity (Wildman–Crippen MR) is 174 cm³/mol. The number of ether oxygens (including phenoxy) is 4. The highest BCUT2D eigenvalue weighted by molar-refractivity contribution is 5.81. The summed E-state index contributed by atoms with van der Waals surface area (Å²) in [4.78, 5) is 24.3.